The van der Waals surface area contributed by atoms with Gasteiger partial charge in [-0.2, -0.15) is 0 Å². The van der Waals surface area contributed by atoms with E-state index < -0.39 is 4.92 Å². The van der Waals surface area contributed by atoms with Gasteiger partial charge in [0.1, 0.15) is 5.69 Å². The molecule has 1 N–H and O–H groups in total. The molecule has 1 atom stereocenters. The van der Waals surface area contributed by atoms with E-state index in [1.807, 2.05) is 36.1 Å². The van der Waals surface area contributed by atoms with Gasteiger partial charge < -0.3 is 10.2 Å². The van der Waals surface area contributed by atoms with E-state index in [4.69, 9.17) is 11.6 Å². The van der Waals surface area contributed by atoms with Crippen molar-refractivity contribution in [2.24, 2.45) is 0 Å². The highest BCUT2D eigenvalue weighted by Crippen LogP contribution is 2.31. The Balaban J connectivity index is 1.60. The summed E-state index contributed by atoms with van der Waals surface area (Å²) in [5.74, 6) is -0.0554. The Bertz CT molecular complexity index is 880. The molecule has 7 nitrogen and oxygen atoms in total. The van der Waals surface area contributed by atoms with Gasteiger partial charge in [-0.05, 0) is 43.2 Å². The first-order chi connectivity index (χ1) is 13.9. The zero-order valence-corrected chi connectivity index (χ0v) is 17.4. The van der Waals surface area contributed by atoms with E-state index in [0.717, 1.165) is 12.1 Å². The summed E-state index contributed by atoms with van der Waals surface area (Å²) in [7, 11) is 0. The van der Waals surface area contributed by atoms with Crippen LogP contribution in [0.1, 0.15) is 19.4 Å². The van der Waals surface area contributed by atoms with Crippen molar-refractivity contribution in [1.29, 1.82) is 0 Å². The van der Waals surface area contributed by atoms with Crippen molar-refractivity contribution in [2.75, 3.05) is 36.4 Å². The molecule has 1 aliphatic heterocycles. The molecule has 0 radical (unpaired) electrons. The van der Waals surface area contributed by atoms with Gasteiger partial charge in [0.2, 0.25) is 5.91 Å². The minimum atomic E-state index is -0.409. The SMILES string of the molecule is CCc1ccc(NC(=O)C(C)N2CCN(c3ccc(Cl)cc3[N+](=O)[O-])CC2)cc1. The number of nitro groups is 1. The van der Waals surface area contributed by atoms with E-state index in [1.165, 1.54) is 11.6 Å². The van der Waals surface area contributed by atoms with Crippen molar-refractivity contribution < 1.29 is 9.72 Å². The summed E-state index contributed by atoms with van der Waals surface area (Å²) < 4.78 is 0. The predicted octanol–water partition coefficient (Wildman–Crippen LogP) is 3.96. The zero-order valence-electron chi connectivity index (χ0n) is 16.6. The summed E-state index contributed by atoms with van der Waals surface area (Å²) in [6.45, 7) is 6.47. The molecule has 2 aromatic carbocycles. The van der Waals surface area contributed by atoms with Gasteiger partial charge in [0.25, 0.3) is 5.69 Å². The maximum absolute atomic E-state index is 12.6. The van der Waals surface area contributed by atoms with Crippen LogP contribution < -0.4 is 10.2 Å². The van der Waals surface area contributed by atoms with Crippen LogP contribution in [0, 0.1) is 10.1 Å². The average molecular weight is 417 g/mol. The molecule has 0 aliphatic carbocycles. The van der Waals surface area contributed by atoms with Crippen LogP contribution in [0.4, 0.5) is 17.1 Å². The standard InChI is InChI=1S/C21H25ClN4O3/c1-3-16-4-7-18(8-5-16)23-21(27)15(2)24-10-12-25(13-11-24)19-9-6-17(22)14-20(19)26(28)29/h4-9,14-15H,3,10-13H2,1-2H3,(H,23,27). The lowest BCUT2D eigenvalue weighted by Gasteiger charge is -2.38. The quantitative estimate of drug-likeness (QED) is 0.569. The highest BCUT2D eigenvalue weighted by Gasteiger charge is 2.28. The monoisotopic (exact) mass is 416 g/mol. The van der Waals surface area contributed by atoms with Crippen LogP contribution >= 0.6 is 11.6 Å². The number of amides is 1. The first-order valence-electron chi connectivity index (χ1n) is 9.71. The summed E-state index contributed by atoms with van der Waals surface area (Å²) in [5, 5.41) is 14.7. The third-order valence-corrected chi connectivity index (χ3v) is 5.58. The molecule has 3 rings (SSSR count). The van der Waals surface area contributed by atoms with E-state index in [2.05, 4.69) is 17.1 Å². The Labute approximate surface area is 175 Å². The number of anilines is 2. The molecule has 0 aromatic heterocycles. The number of hydrogen-bond acceptors (Lipinski definition) is 5. The van der Waals surface area contributed by atoms with Gasteiger partial charge in [0.15, 0.2) is 0 Å². The van der Waals surface area contributed by atoms with Crippen molar-refractivity contribution in [3.63, 3.8) is 0 Å². The number of benzene rings is 2. The molecule has 0 bridgehead atoms. The molecule has 1 unspecified atom stereocenters. The molecule has 0 spiro atoms. The number of rotatable bonds is 6. The number of aryl methyl sites for hydroxylation is 1. The number of halogens is 1. The van der Waals surface area contributed by atoms with Crippen molar-refractivity contribution in [1.82, 2.24) is 4.90 Å². The van der Waals surface area contributed by atoms with Gasteiger partial charge >= 0.3 is 0 Å². The van der Waals surface area contributed by atoms with Crippen LogP contribution in [0.2, 0.25) is 5.02 Å². The van der Waals surface area contributed by atoms with E-state index in [0.29, 0.717) is 36.9 Å². The lowest BCUT2D eigenvalue weighted by atomic mass is 10.1. The molecule has 1 aliphatic rings. The molecule has 154 valence electrons. The largest absolute Gasteiger partial charge is 0.363 e. The van der Waals surface area contributed by atoms with Gasteiger partial charge in [0.05, 0.1) is 11.0 Å². The molecule has 1 amide bonds. The topological polar surface area (TPSA) is 78.7 Å². The van der Waals surface area contributed by atoms with Crippen LogP contribution in [-0.2, 0) is 11.2 Å². The Morgan fingerprint density at radius 1 is 1.17 bits per heavy atom. The van der Waals surface area contributed by atoms with E-state index in [1.54, 1.807) is 12.1 Å². The maximum atomic E-state index is 12.6. The van der Waals surface area contributed by atoms with Crippen molar-refractivity contribution in [3.8, 4) is 0 Å². The lowest BCUT2D eigenvalue weighted by Crippen LogP contribution is -2.53. The van der Waals surface area contributed by atoms with Gasteiger partial charge in [-0.25, -0.2) is 0 Å². The van der Waals surface area contributed by atoms with Crippen molar-refractivity contribution in [3.05, 3.63) is 63.2 Å². The number of nitro benzene ring substituents is 1. The van der Waals surface area contributed by atoms with Crippen LogP contribution in [0.15, 0.2) is 42.5 Å². The second-order valence-electron chi connectivity index (χ2n) is 7.13. The van der Waals surface area contributed by atoms with Crippen LogP contribution in [0.3, 0.4) is 0 Å². The Kier molecular flexibility index (Phi) is 6.71. The molecule has 8 heteroatoms. The van der Waals surface area contributed by atoms with Crippen molar-refractivity contribution in [2.45, 2.75) is 26.3 Å². The van der Waals surface area contributed by atoms with Crippen molar-refractivity contribution >= 4 is 34.6 Å². The second kappa shape index (κ2) is 9.24. The number of nitrogens with zero attached hydrogens (tertiary/aromatic N) is 3. The second-order valence-corrected chi connectivity index (χ2v) is 7.57. The fraction of sp³-hybridized carbons (Fsp3) is 0.381. The fourth-order valence-corrected chi connectivity index (χ4v) is 3.66. The maximum Gasteiger partial charge on any atom is 0.294 e. The highest BCUT2D eigenvalue weighted by atomic mass is 35.5. The summed E-state index contributed by atoms with van der Waals surface area (Å²) in [6.07, 6.45) is 0.959. The van der Waals surface area contributed by atoms with Crippen LogP contribution in [0.25, 0.3) is 0 Å². The smallest absolute Gasteiger partial charge is 0.294 e. The minimum absolute atomic E-state index is 0.00673. The molecule has 2 aromatic rings. The first-order valence-corrected chi connectivity index (χ1v) is 10.1. The Morgan fingerprint density at radius 2 is 1.83 bits per heavy atom. The molecule has 1 fully saturated rings. The van der Waals surface area contributed by atoms with E-state index in [9.17, 15) is 14.9 Å². The number of hydrogen-bond donors (Lipinski definition) is 1. The van der Waals surface area contributed by atoms with Gasteiger partial charge in [-0.15, -0.1) is 0 Å². The van der Waals surface area contributed by atoms with Crippen LogP contribution in [-0.4, -0.2) is 48.0 Å². The normalized spacial score (nSPS) is 15.8. The van der Waals surface area contributed by atoms with Gasteiger partial charge in [0, 0.05) is 43.0 Å². The molecular formula is C21H25ClN4O3. The lowest BCUT2D eigenvalue weighted by molar-refractivity contribution is -0.384. The zero-order chi connectivity index (χ0) is 21.0. The summed E-state index contributed by atoms with van der Waals surface area (Å²) >= 11 is 5.91. The van der Waals surface area contributed by atoms with Gasteiger partial charge in [-0.3, -0.25) is 19.8 Å². The average Bonchev–Trinajstić information content (AvgIpc) is 2.73. The van der Waals surface area contributed by atoms with E-state index in [-0.39, 0.29) is 17.6 Å². The Hall–Kier alpha value is -2.64. The molecule has 1 saturated heterocycles. The minimum Gasteiger partial charge on any atom is -0.363 e. The van der Waals surface area contributed by atoms with Gasteiger partial charge in [-0.1, -0.05) is 30.7 Å². The summed E-state index contributed by atoms with van der Waals surface area (Å²) in [4.78, 5) is 27.6. The molecule has 1 heterocycles. The number of piperazine rings is 1. The highest BCUT2D eigenvalue weighted by molar-refractivity contribution is 6.30. The molecule has 0 saturated carbocycles. The van der Waals surface area contributed by atoms with E-state index >= 15 is 0 Å². The van der Waals surface area contributed by atoms with Crippen LogP contribution in [0.5, 0.6) is 0 Å². The fourth-order valence-electron chi connectivity index (χ4n) is 3.50. The number of carbonyl (C=O) groups excluding carboxylic acids is 1. The third kappa shape index (κ3) is 5.05. The summed E-state index contributed by atoms with van der Waals surface area (Å²) in [5.41, 5.74) is 2.58. The number of carbonyl (C=O) groups is 1. The number of nitrogens with one attached hydrogen (secondary N) is 1. The summed E-state index contributed by atoms with van der Waals surface area (Å²) in [6, 6.07) is 12.3. The first kappa shape index (κ1) is 21.1. The molecule has 29 heavy (non-hydrogen) atoms. The third-order valence-electron chi connectivity index (χ3n) is 5.35. The predicted molar refractivity (Wildman–Crippen MR) is 116 cm³/mol. The Morgan fingerprint density at radius 3 is 2.41 bits per heavy atom. The molecular weight excluding hydrogens is 392 g/mol.